The fourth-order valence-electron chi connectivity index (χ4n) is 2.18. The van der Waals surface area contributed by atoms with Crippen molar-refractivity contribution >= 4 is 18.5 Å². The molecule has 0 saturated carbocycles. The van der Waals surface area contributed by atoms with Gasteiger partial charge in [-0.1, -0.05) is 60.7 Å². The summed E-state index contributed by atoms with van der Waals surface area (Å²) in [5, 5.41) is 0. The Morgan fingerprint density at radius 2 is 1.16 bits per heavy atom. The highest BCUT2D eigenvalue weighted by Crippen LogP contribution is 2.62. The van der Waals surface area contributed by atoms with Crippen LogP contribution in [-0.4, -0.2) is 4.89 Å². The van der Waals surface area contributed by atoms with Crippen LogP contribution < -0.4 is 0 Å². The fraction of sp³-hybridized carbons (Fsp3) is 0.143. The largest absolute Gasteiger partial charge is 0.325 e. The molecule has 1 N–H and O–H groups in total. The van der Waals surface area contributed by atoms with E-state index in [0.29, 0.717) is 0 Å². The lowest BCUT2D eigenvalue weighted by Gasteiger charge is -2.16. The molecule has 1 aliphatic rings. The molecular formula is C14H13O3PS. The molecule has 0 spiro atoms. The monoisotopic (exact) mass is 292 g/mol. The topological polar surface area (TPSA) is 38.7 Å². The van der Waals surface area contributed by atoms with Gasteiger partial charge in [-0.05, 0) is 22.9 Å². The molecule has 1 heterocycles. The zero-order valence-electron chi connectivity index (χ0n) is 10.0. The van der Waals surface area contributed by atoms with E-state index in [1.807, 2.05) is 60.7 Å². The van der Waals surface area contributed by atoms with Crippen LogP contribution >= 0.6 is 6.72 Å². The summed E-state index contributed by atoms with van der Waals surface area (Å²) < 4.78 is 11.1. The van der Waals surface area contributed by atoms with Crippen molar-refractivity contribution in [1.29, 1.82) is 0 Å². The van der Waals surface area contributed by atoms with Crippen molar-refractivity contribution in [1.82, 2.24) is 0 Å². The van der Waals surface area contributed by atoms with Crippen LogP contribution in [0.2, 0.25) is 0 Å². The molecule has 0 amide bonds. The first-order valence-corrected chi connectivity index (χ1v) is 8.54. The van der Waals surface area contributed by atoms with Crippen molar-refractivity contribution in [3.05, 3.63) is 71.8 Å². The van der Waals surface area contributed by atoms with Crippen molar-refractivity contribution in [3.63, 3.8) is 0 Å². The smallest absolute Gasteiger partial charge is 0.324 e. The zero-order chi connectivity index (χ0) is 13.3. The van der Waals surface area contributed by atoms with Gasteiger partial charge >= 0.3 is 6.72 Å². The maximum absolute atomic E-state index is 9.94. The van der Waals surface area contributed by atoms with Crippen molar-refractivity contribution in [3.8, 4) is 0 Å². The molecule has 19 heavy (non-hydrogen) atoms. The highest BCUT2D eigenvalue weighted by molar-refractivity contribution is 8.07. The van der Waals surface area contributed by atoms with Gasteiger partial charge < -0.3 is 4.89 Å². The Bertz CT molecular complexity index is 551. The first-order valence-electron chi connectivity index (χ1n) is 5.95. The fourth-order valence-corrected chi connectivity index (χ4v) is 3.82. The Labute approximate surface area is 117 Å². The summed E-state index contributed by atoms with van der Waals surface area (Å²) in [6, 6.07) is 19.4. The number of rotatable bonds is 2. The summed E-state index contributed by atoms with van der Waals surface area (Å²) in [7, 11) is 0. The minimum atomic E-state index is -3.15. The number of benzene rings is 2. The average molecular weight is 292 g/mol. The van der Waals surface area contributed by atoms with Gasteiger partial charge in [0, 0.05) is 0 Å². The molecule has 3 rings (SSSR count). The molecule has 1 saturated heterocycles. The van der Waals surface area contributed by atoms with E-state index in [1.165, 1.54) is 0 Å². The molecule has 1 aliphatic heterocycles. The van der Waals surface area contributed by atoms with Crippen LogP contribution in [0, 0.1) is 0 Å². The van der Waals surface area contributed by atoms with Gasteiger partial charge in [-0.25, -0.2) is 0 Å². The molecule has 3 nitrogen and oxygen atoms in total. The summed E-state index contributed by atoms with van der Waals surface area (Å²) in [6.45, 7) is -3.15. The van der Waals surface area contributed by atoms with E-state index in [1.54, 1.807) is 0 Å². The summed E-state index contributed by atoms with van der Waals surface area (Å²) in [6.07, 6.45) is -0.723. The molecule has 5 heteroatoms. The Hall–Kier alpha value is -1.03. The van der Waals surface area contributed by atoms with Crippen LogP contribution in [0.4, 0.5) is 0 Å². The van der Waals surface area contributed by atoms with Crippen molar-refractivity contribution in [2.45, 2.75) is 12.2 Å². The number of hydrogen-bond donors (Lipinski definition) is 1. The average Bonchev–Trinajstić information content (AvgIpc) is 2.77. The molecule has 0 aromatic heterocycles. The van der Waals surface area contributed by atoms with Gasteiger partial charge in [-0.3, -0.25) is 9.05 Å². The van der Waals surface area contributed by atoms with Gasteiger partial charge in [-0.15, -0.1) is 0 Å². The second kappa shape index (κ2) is 5.16. The summed E-state index contributed by atoms with van der Waals surface area (Å²) in [4.78, 5) is 9.94. The molecule has 2 aromatic rings. The highest BCUT2D eigenvalue weighted by atomic mass is 32.5. The van der Waals surface area contributed by atoms with Crippen molar-refractivity contribution in [2.75, 3.05) is 0 Å². The maximum Gasteiger partial charge on any atom is 0.325 e. The summed E-state index contributed by atoms with van der Waals surface area (Å²) in [5.74, 6) is 0. The quantitative estimate of drug-likeness (QED) is 0.856. The van der Waals surface area contributed by atoms with E-state index in [-0.39, 0.29) is 12.2 Å². The Balaban J connectivity index is 2.00. The van der Waals surface area contributed by atoms with E-state index in [9.17, 15) is 4.89 Å². The zero-order valence-corrected chi connectivity index (χ0v) is 11.8. The summed E-state index contributed by atoms with van der Waals surface area (Å²) >= 11 is 4.98. The van der Waals surface area contributed by atoms with Gasteiger partial charge in [0.05, 0.1) is 0 Å². The van der Waals surface area contributed by atoms with Crippen LogP contribution in [0.25, 0.3) is 0 Å². The second-order valence-electron chi connectivity index (χ2n) is 4.34. The van der Waals surface area contributed by atoms with Crippen LogP contribution in [0.1, 0.15) is 23.3 Å². The van der Waals surface area contributed by atoms with E-state index < -0.39 is 6.72 Å². The Morgan fingerprint density at radius 3 is 1.53 bits per heavy atom. The lowest BCUT2D eigenvalue weighted by molar-refractivity contribution is 0.159. The molecule has 3 atom stereocenters. The first kappa shape index (κ1) is 13.0. The Kier molecular flexibility index (Phi) is 3.52. The second-order valence-corrected chi connectivity index (χ2v) is 7.09. The molecule has 0 aliphatic carbocycles. The van der Waals surface area contributed by atoms with E-state index >= 15 is 0 Å². The predicted molar refractivity (Wildman–Crippen MR) is 77.0 cm³/mol. The summed E-state index contributed by atoms with van der Waals surface area (Å²) in [5.41, 5.74) is 1.91. The van der Waals surface area contributed by atoms with Gasteiger partial charge in [0.2, 0.25) is 0 Å². The lowest BCUT2D eigenvalue weighted by Crippen LogP contribution is -2.06. The molecule has 98 valence electrons. The molecule has 1 unspecified atom stereocenters. The molecule has 0 bridgehead atoms. The van der Waals surface area contributed by atoms with Crippen LogP contribution in [0.15, 0.2) is 60.7 Å². The number of hydrogen-bond acceptors (Lipinski definition) is 3. The Morgan fingerprint density at radius 1 is 0.789 bits per heavy atom. The minimum absolute atomic E-state index is 0.362. The molecule has 2 aromatic carbocycles. The third kappa shape index (κ3) is 2.78. The van der Waals surface area contributed by atoms with E-state index in [4.69, 9.17) is 20.9 Å². The third-order valence-corrected chi connectivity index (χ3v) is 4.53. The lowest BCUT2D eigenvalue weighted by atomic mass is 9.99. The molecule has 0 radical (unpaired) electrons. The van der Waals surface area contributed by atoms with Gasteiger partial charge in [0.15, 0.2) is 0 Å². The normalized spacial score (nSPS) is 30.4. The van der Waals surface area contributed by atoms with Gasteiger partial charge in [0.25, 0.3) is 0 Å². The molecular weight excluding hydrogens is 279 g/mol. The molecule has 1 fully saturated rings. The van der Waals surface area contributed by atoms with Gasteiger partial charge in [-0.2, -0.15) is 0 Å². The van der Waals surface area contributed by atoms with E-state index in [2.05, 4.69) is 0 Å². The van der Waals surface area contributed by atoms with Crippen molar-refractivity contribution in [2.24, 2.45) is 0 Å². The standard InChI is InChI=1S/C14H13O3PS/c15-18(19)16-13(11-7-3-1-4-8-11)14(17-18)12-9-5-2-6-10-12/h1-10,13-14H,(H,15,19)/t13-,14+,18?. The van der Waals surface area contributed by atoms with Crippen LogP contribution in [0.3, 0.4) is 0 Å². The predicted octanol–water partition coefficient (Wildman–Crippen LogP) is 3.73. The van der Waals surface area contributed by atoms with Crippen LogP contribution in [-0.2, 0) is 20.9 Å². The van der Waals surface area contributed by atoms with Gasteiger partial charge in [0.1, 0.15) is 12.2 Å². The maximum atomic E-state index is 9.94. The third-order valence-electron chi connectivity index (χ3n) is 3.02. The van der Waals surface area contributed by atoms with Crippen molar-refractivity contribution < 1.29 is 13.9 Å². The minimum Gasteiger partial charge on any atom is -0.324 e. The SMILES string of the molecule is OP1(=S)O[C@H](c2ccccc2)[C@H](c2ccccc2)O1. The first-order chi connectivity index (χ1) is 9.16. The van der Waals surface area contributed by atoms with Crippen LogP contribution in [0.5, 0.6) is 0 Å². The highest BCUT2D eigenvalue weighted by Gasteiger charge is 2.41. The van der Waals surface area contributed by atoms with E-state index in [0.717, 1.165) is 11.1 Å².